The number of ether oxygens (including phenoxy) is 1. The second-order valence-electron chi connectivity index (χ2n) is 6.81. The zero-order valence-electron chi connectivity index (χ0n) is 16.7. The van der Waals surface area contributed by atoms with Crippen LogP contribution in [0.1, 0.15) is 11.1 Å². The maximum atomic E-state index is 12.8. The van der Waals surface area contributed by atoms with Gasteiger partial charge >= 0.3 is 0 Å². The molecule has 0 aromatic heterocycles. The summed E-state index contributed by atoms with van der Waals surface area (Å²) in [5.41, 5.74) is 4.41. The molecule has 1 heterocycles. The third kappa shape index (κ3) is 4.41. The van der Waals surface area contributed by atoms with E-state index in [2.05, 4.69) is 5.43 Å². The summed E-state index contributed by atoms with van der Waals surface area (Å²) in [6.07, 6.45) is 1.51. The predicted molar refractivity (Wildman–Crippen MR) is 121 cm³/mol. The lowest BCUT2D eigenvalue weighted by Gasteiger charge is -2.14. The quantitative estimate of drug-likeness (QED) is 0.348. The van der Waals surface area contributed by atoms with Crippen molar-refractivity contribution in [3.63, 3.8) is 0 Å². The Kier molecular flexibility index (Phi) is 5.95. The van der Waals surface area contributed by atoms with E-state index in [9.17, 15) is 14.7 Å². The molecule has 2 N–H and O–H groups in total. The molecule has 0 bridgehead atoms. The molecule has 31 heavy (non-hydrogen) atoms. The number of aromatic hydroxyl groups is 1. The number of methoxy groups -OCH3 is 1. The predicted octanol–water partition coefficient (Wildman–Crippen LogP) is 4.15. The van der Waals surface area contributed by atoms with Gasteiger partial charge < -0.3 is 9.84 Å². The number of para-hydroxylation sites is 1. The number of nitrogens with zero attached hydrogens (tertiary/aromatic N) is 1. The molecule has 1 aliphatic rings. The molecule has 7 heteroatoms. The first-order valence-corrected chi connectivity index (χ1v) is 10.6. The summed E-state index contributed by atoms with van der Waals surface area (Å²) in [6, 6.07) is 22.1. The van der Waals surface area contributed by atoms with Crippen molar-refractivity contribution in [1.29, 1.82) is 0 Å². The molecule has 1 aliphatic heterocycles. The Morgan fingerprint density at radius 1 is 1.03 bits per heavy atom. The Morgan fingerprint density at radius 3 is 2.39 bits per heavy atom. The average molecular weight is 433 g/mol. The van der Waals surface area contributed by atoms with Gasteiger partial charge in [0.15, 0.2) is 11.5 Å². The fourth-order valence-corrected chi connectivity index (χ4v) is 4.09. The number of phenols is 1. The van der Waals surface area contributed by atoms with Crippen LogP contribution in [0.15, 0.2) is 83.3 Å². The van der Waals surface area contributed by atoms with E-state index < -0.39 is 11.8 Å². The summed E-state index contributed by atoms with van der Waals surface area (Å²) >= 11 is 1.57. The van der Waals surface area contributed by atoms with E-state index >= 15 is 0 Å². The first-order valence-electron chi connectivity index (χ1n) is 9.56. The highest BCUT2D eigenvalue weighted by Gasteiger charge is 2.34. The number of hydrogen-bond donors (Lipinski definition) is 2. The van der Waals surface area contributed by atoms with E-state index in [0.717, 1.165) is 4.90 Å². The minimum absolute atomic E-state index is 0.0123. The molecule has 3 aromatic rings. The van der Waals surface area contributed by atoms with Crippen LogP contribution < -0.4 is 15.2 Å². The van der Waals surface area contributed by atoms with Gasteiger partial charge in [0.25, 0.3) is 11.8 Å². The highest BCUT2D eigenvalue weighted by molar-refractivity contribution is 7.98. The lowest BCUT2D eigenvalue weighted by molar-refractivity contribution is -0.117. The molecule has 0 spiro atoms. The maximum Gasteiger partial charge on any atom is 0.282 e. The van der Waals surface area contributed by atoms with Crippen molar-refractivity contribution in [3.05, 3.63) is 89.5 Å². The number of hydrogen-bond acceptors (Lipinski definition) is 5. The second-order valence-corrected chi connectivity index (χ2v) is 7.86. The molecule has 1 saturated heterocycles. The Labute approximate surface area is 184 Å². The lowest BCUT2D eigenvalue weighted by Crippen LogP contribution is -2.35. The van der Waals surface area contributed by atoms with Gasteiger partial charge in [-0.3, -0.25) is 15.0 Å². The lowest BCUT2D eigenvalue weighted by atomic mass is 10.1. The molecule has 0 atom stereocenters. The number of benzene rings is 3. The third-order valence-electron chi connectivity index (χ3n) is 4.75. The number of thioether (sulfide) groups is 1. The summed E-state index contributed by atoms with van der Waals surface area (Å²) < 4.78 is 5.30. The zero-order chi connectivity index (χ0) is 21.8. The number of amides is 2. The van der Waals surface area contributed by atoms with E-state index in [0.29, 0.717) is 22.6 Å². The van der Waals surface area contributed by atoms with Crippen LogP contribution in [0.4, 0.5) is 5.69 Å². The maximum absolute atomic E-state index is 12.8. The van der Waals surface area contributed by atoms with E-state index in [1.54, 1.807) is 48.2 Å². The fraction of sp³-hybridized carbons (Fsp3) is 0.0833. The van der Waals surface area contributed by atoms with Crippen LogP contribution in [-0.4, -0.2) is 24.0 Å². The normalized spacial score (nSPS) is 14.7. The van der Waals surface area contributed by atoms with Crippen molar-refractivity contribution in [2.75, 3.05) is 12.1 Å². The fourth-order valence-electron chi connectivity index (χ4n) is 3.20. The molecule has 4 rings (SSSR count). The first-order chi connectivity index (χ1) is 15.1. The summed E-state index contributed by atoms with van der Waals surface area (Å²) in [7, 11) is 1.46. The van der Waals surface area contributed by atoms with Crippen molar-refractivity contribution in [2.24, 2.45) is 0 Å². The van der Waals surface area contributed by atoms with Crippen molar-refractivity contribution < 1.29 is 19.4 Å². The van der Waals surface area contributed by atoms with Gasteiger partial charge in [0, 0.05) is 16.2 Å². The highest BCUT2D eigenvalue weighted by atomic mass is 32.2. The Balaban J connectivity index is 1.63. The van der Waals surface area contributed by atoms with Gasteiger partial charge in [0.1, 0.15) is 5.57 Å². The van der Waals surface area contributed by atoms with Crippen molar-refractivity contribution in [3.8, 4) is 11.5 Å². The molecular weight excluding hydrogens is 412 g/mol. The monoisotopic (exact) mass is 432 g/mol. The number of rotatable bonds is 6. The van der Waals surface area contributed by atoms with Crippen molar-refractivity contribution in [2.45, 2.75) is 10.6 Å². The SMILES string of the molecule is COc1cc(/C=C2/C(=O)NN(c3ccccc3)C2=O)cc(CSc2ccccc2)c1O. The number of anilines is 1. The smallest absolute Gasteiger partial charge is 0.282 e. The molecule has 6 nitrogen and oxygen atoms in total. The zero-order valence-corrected chi connectivity index (χ0v) is 17.6. The van der Waals surface area contributed by atoms with Crippen LogP contribution in [0.2, 0.25) is 0 Å². The molecular formula is C24H20N2O4S. The summed E-state index contributed by atoms with van der Waals surface area (Å²) in [5.74, 6) is -0.103. The van der Waals surface area contributed by atoms with Gasteiger partial charge in [0.05, 0.1) is 12.8 Å². The van der Waals surface area contributed by atoms with Crippen molar-refractivity contribution >= 4 is 35.3 Å². The van der Waals surface area contributed by atoms with E-state index in [4.69, 9.17) is 4.74 Å². The first kappa shape index (κ1) is 20.6. The highest BCUT2D eigenvalue weighted by Crippen LogP contribution is 2.36. The Hall–Kier alpha value is -3.71. The molecule has 2 amide bonds. The summed E-state index contributed by atoms with van der Waals surface area (Å²) in [6.45, 7) is 0. The van der Waals surface area contributed by atoms with E-state index in [1.165, 1.54) is 18.2 Å². The van der Waals surface area contributed by atoms with Crippen LogP contribution in [0.3, 0.4) is 0 Å². The number of nitrogens with one attached hydrogen (secondary N) is 1. The van der Waals surface area contributed by atoms with Gasteiger partial charge in [-0.25, -0.2) is 5.01 Å². The van der Waals surface area contributed by atoms with E-state index in [-0.39, 0.29) is 17.1 Å². The Morgan fingerprint density at radius 2 is 1.71 bits per heavy atom. The molecule has 0 aliphatic carbocycles. The minimum Gasteiger partial charge on any atom is -0.504 e. The molecule has 1 fully saturated rings. The molecule has 156 valence electrons. The van der Waals surface area contributed by atoms with Crippen LogP contribution in [-0.2, 0) is 15.3 Å². The van der Waals surface area contributed by atoms with Gasteiger partial charge in [0.2, 0.25) is 0 Å². The standard InChI is InChI=1S/C24H20N2O4S/c1-30-21-14-16(12-17(22(21)27)15-31-19-10-6-3-7-11-19)13-20-23(28)25-26(24(20)29)18-8-4-2-5-9-18/h2-14,27H,15H2,1H3,(H,25,28)/b20-13-. The third-order valence-corrected chi connectivity index (χ3v) is 5.81. The minimum atomic E-state index is -0.485. The largest absolute Gasteiger partial charge is 0.504 e. The molecule has 3 aromatic carbocycles. The molecule has 0 saturated carbocycles. The second kappa shape index (κ2) is 8.97. The topological polar surface area (TPSA) is 78.9 Å². The summed E-state index contributed by atoms with van der Waals surface area (Å²) in [4.78, 5) is 26.4. The van der Waals surface area contributed by atoms with Crippen molar-refractivity contribution in [1.82, 2.24) is 5.43 Å². The summed E-state index contributed by atoms with van der Waals surface area (Å²) in [5, 5.41) is 11.8. The molecule has 0 unspecified atom stereocenters. The number of carbonyl (C=O) groups is 2. The Bertz CT molecular complexity index is 1150. The van der Waals surface area contributed by atoms with Gasteiger partial charge in [-0.05, 0) is 48.0 Å². The van der Waals surface area contributed by atoms with Crippen LogP contribution in [0, 0.1) is 0 Å². The van der Waals surface area contributed by atoms with Gasteiger partial charge in [-0.1, -0.05) is 36.4 Å². The van der Waals surface area contributed by atoms with Crippen LogP contribution in [0.5, 0.6) is 11.5 Å². The van der Waals surface area contributed by atoms with Crippen LogP contribution in [0.25, 0.3) is 6.08 Å². The van der Waals surface area contributed by atoms with Gasteiger partial charge in [-0.15, -0.1) is 11.8 Å². The molecule has 0 radical (unpaired) electrons. The van der Waals surface area contributed by atoms with Gasteiger partial charge in [-0.2, -0.15) is 0 Å². The average Bonchev–Trinajstić information content (AvgIpc) is 3.08. The van der Waals surface area contributed by atoms with Crippen LogP contribution >= 0.6 is 11.8 Å². The van der Waals surface area contributed by atoms with E-state index in [1.807, 2.05) is 36.4 Å². The number of carbonyl (C=O) groups excluding carboxylic acids is 2. The number of hydrazine groups is 1. The number of phenolic OH excluding ortho intramolecular Hbond substituents is 1.